The molecule has 124 valence electrons. The molecule has 1 atom stereocenters. The summed E-state index contributed by atoms with van der Waals surface area (Å²) in [4.78, 5) is 16.3. The molecular formula is C15H22Cl2N2O3. The number of benzene rings is 1. The number of hydrogen-bond donors (Lipinski definition) is 2. The maximum absolute atomic E-state index is 10.7. The Bertz CT molecular complexity index is 486. The van der Waals surface area contributed by atoms with E-state index in [4.69, 9.17) is 38.9 Å². The van der Waals surface area contributed by atoms with E-state index in [-0.39, 0.29) is 6.42 Å². The first kappa shape index (κ1) is 19.0. The minimum atomic E-state index is -0.893. The van der Waals surface area contributed by atoms with E-state index < -0.39 is 12.0 Å². The Hall–Kier alpha value is -1.01. The van der Waals surface area contributed by atoms with Gasteiger partial charge in [-0.3, -0.25) is 14.7 Å². The van der Waals surface area contributed by atoms with Crippen LogP contribution >= 0.6 is 23.2 Å². The van der Waals surface area contributed by atoms with E-state index >= 15 is 0 Å². The van der Waals surface area contributed by atoms with Crippen LogP contribution in [0.4, 0.5) is 5.69 Å². The van der Waals surface area contributed by atoms with Crippen molar-refractivity contribution in [2.24, 2.45) is 5.73 Å². The molecule has 0 aliphatic heterocycles. The fraction of sp³-hybridized carbons (Fsp3) is 0.533. The summed E-state index contributed by atoms with van der Waals surface area (Å²) in [5.41, 5.74) is 8.79. The molecule has 0 heterocycles. The van der Waals surface area contributed by atoms with Gasteiger partial charge in [0.25, 0.3) is 0 Å². The van der Waals surface area contributed by atoms with Crippen LogP contribution in [0.2, 0.25) is 0 Å². The van der Waals surface area contributed by atoms with Crippen molar-refractivity contribution in [3.8, 4) is 0 Å². The Morgan fingerprint density at radius 2 is 2.14 bits per heavy atom. The van der Waals surface area contributed by atoms with Crippen molar-refractivity contribution in [3.63, 3.8) is 0 Å². The van der Waals surface area contributed by atoms with Gasteiger partial charge in [-0.05, 0) is 36.6 Å². The molecule has 0 radical (unpaired) electrons. The Morgan fingerprint density at radius 3 is 2.73 bits per heavy atom. The molecule has 0 aromatic heterocycles. The number of hydroxylamine groups is 1. The molecule has 7 heteroatoms. The van der Waals surface area contributed by atoms with Crippen LogP contribution in [-0.4, -0.2) is 42.0 Å². The summed E-state index contributed by atoms with van der Waals surface area (Å²) in [6, 6.07) is 5.43. The van der Waals surface area contributed by atoms with Crippen molar-refractivity contribution in [2.45, 2.75) is 25.8 Å². The van der Waals surface area contributed by atoms with Gasteiger partial charge in [0.15, 0.2) is 0 Å². The van der Waals surface area contributed by atoms with Crippen LogP contribution in [0.1, 0.15) is 17.5 Å². The number of carboxylic acids is 1. The zero-order valence-corrected chi connectivity index (χ0v) is 14.1. The first-order valence-electron chi connectivity index (χ1n) is 7.07. The third-order valence-corrected chi connectivity index (χ3v) is 3.47. The number of hydrogen-bond acceptors (Lipinski definition) is 4. The van der Waals surface area contributed by atoms with Gasteiger partial charge in [0.05, 0.1) is 25.3 Å². The normalized spacial score (nSPS) is 12.2. The number of aliphatic carboxylic acids is 1. The van der Waals surface area contributed by atoms with Crippen molar-refractivity contribution in [1.29, 1.82) is 0 Å². The highest BCUT2D eigenvalue weighted by molar-refractivity contribution is 6.18. The van der Waals surface area contributed by atoms with E-state index in [2.05, 4.69) is 0 Å². The number of alkyl halides is 2. The smallest absolute Gasteiger partial charge is 0.304 e. The molecule has 0 bridgehead atoms. The van der Waals surface area contributed by atoms with E-state index in [0.717, 1.165) is 16.8 Å². The van der Waals surface area contributed by atoms with E-state index in [0.29, 0.717) is 31.3 Å². The lowest BCUT2D eigenvalue weighted by atomic mass is 9.99. The van der Waals surface area contributed by atoms with Crippen molar-refractivity contribution < 1.29 is 14.7 Å². The van der Waals surface area contributed by atoms with E-state index in [1.54, 1.807) is 5.06 Å². The summed E-state index contributed by atoms with van der Waals surface area (Å²) in [6.07, 6.45) is 0.438. The summed E-state index contributed by atoms with van der Waals surface area (Å²) < 4.78 is 0. The number of aryl methyl sites for hydroxylation is 1. The van der Waals surface area contributed by atoms with Crippen LogP contribution in [0.3, 0.4) is 0 Å². The molecule has 1 aromatic carbocycles. The van der Waals surface area contributed by atoms with E-state index in [1.165, 1.54) is 0 Å². The lowest BCUT2D eigenvalue weighted by Gasteiger charge is -2.24. The number of carboxylic acid groups (broad SMARTS) is 1. The van der Waals surface area contributed by atoms with Crippen LogP contribution in [0.15, 0.2) is 18.2 Å². The minimum Gasteiger partial charge on any atom is -0.481 e. The molecule has 0 aliphatic carbocycles. The maximum atomic E-state index is 10.7. The number of carbonyl (C=O) groups is 1. The van der Waals surface area contributed by atoms with Crippen molar-refractivity contribution in [2.75, 3.05) is 30.0 Å². The first-order valence-corrected chi connectivity index (χ1v) is 8.14. The quantitative estimate of drug-likeness (QED) is 0.502. The molecule has 3 N–H and O–H groups in total. The van der Waals surface area contributed by atoms with Gasteiger partial charge in [0.2, 0.25) is 0 Å². The van der Waals surface area contributed by atoms with E-state index in [9.17, 15) is 4.79 Å². The molecule has 0 aliphatic rings. The number of rotatable bonds is 10. The molecule has 22 heavy (non-hydrogen) atoms. The topological polar surface area (TPSA) is 75.8 Å². The monoisotopic (exact) mass is 348 g/mol. The van der Waals surface area contributed by atoms with Crippen LogP contribution in [0.5, 0.6) is 0 Å². The van der Waals surface area contributed by atoms with Gasteiger partial charge < -0.3 is 10.8 Å². The second kappa shape index (κ2) is 9.90. The third kappa shape index (κ3) is 6.40. The average Bonchev–Trinajstić information content (AvgIpc) is 2.45. The maximum Gasteiger partial charge on any atom is 0.304 e. The predicted octanol–water partition coefficient (Wildman–Crippen LogP) is 2.56. The van der Waals surface area contributed by atoms with Gasteiger partial charge >= 0.3 is 5.97 Å². The lowest BCUT2D eigenvalue weighted by Crippen LogP contribution is -2.28. The summed E-state index contributed by atoms with van der Waals surface area (Å²) in [6.45, 7) is 2.89. The van der Waals surface area contributed by atoms with Crippen LogP contribution in [-0.2, 0) is 16.1 Å². The van der Waals surface area contributed by atoms with Crippen molar-refractivity contribution in [1.82, 2.24) is 0 Å². The number of nitrogens with two attached hydrogens (primary N) is 1. The number of nitrogens with zero attached hydrogens (tertiary/aromatic N) is 1. The zero-order chi connectivity index (χ0) is 16.5. The molecule has 1 aromatic rings. The van der Waals surface area contributed by atoms with Gasteiger partial charge in [0, 0.05) is 17.8 Å². The molecule has 0 saturated carbocycles. The van der Waals surface area contributed by atoms with Gasteiger partial charge in [0.1, 0.15) is 0 Å². The summed E-state index contributed by atoms with van der Waals surface area (Å²) in [5.74, 6) is -0.0825. The van der Waals surface area contributed by atoms with Crippen LogP contribution in [0.25, 0.3) is 0 Å². The Labute approximate surface area is 140 Å². The molecule has 0 amide bonds. The highest BCUT2D eigenvalue weighted by Gasteiger charge is 2.13. The Kier molecular flexibility index (Phi) is 8.56. The largest absolute Gasteiger partial charge is 0.481 e. The number of halogens is 2. The Balaban J connectivity index is 2.88. The van der Waals surface area contributed by atoms with Gasteiger partial charge in [-0.25, -0.2) is 0 Å². The SMILES string of the molecule is Cc1ccc(N(CCCl)OCCCl)cc1CC(N)CC(=O)O. The highest BCUT2D eigenvalue weighted by atomic mass is 35.5. The zero-order valence-electron chi connectivity index (χ0n) is 12.6. The summed E-state index contributed by atoms with van der Waals surface area (Å²) in [7, 11) is 0. The summed E-state index contributed by atoms with van der Waals surface area (Å²) in [5, 5.41) is 10.5. The fourth-order valence-electron chi connectivity index (χ4n) is 2.10. The van der Waals surface area contributed by atoms with Crippen LogP contribution in [0, 0.1) is 6.92 Å². The molecule has 5 nitrogen and oxygen atoms in total. The first-order chi connectivity index (χ1) is 10.5. The lowest BCUT2D eigenvalue weighted by molar-refractivity contribution is -0.137. The molecule has 1 rings (SSSR count). The second-order valence-electron chi connectivity index (χ2n) is 4.99. The standard InChI is InChI=1S/C15H22Cl2N2O3/c1-11-2-3-14(19(6-4-16)22-7-5-17)9-12(11)8-13(18)10-15(20)21/h2-3,9,13H,4-8,10,18H2,1H3,(H,20,21). The van der Waals surface area contributed by atoms with Gasteiger partial charge in [-0.1, -0.05) is 6.07 Å². The fourth-order valence-corrected chi connectivity index (χ4v) is 2.32. The average molecular weight is 349 g/mol. The van der Waals surface area contributed by atoms with Crippen LogP contribution < -0.4 is 10.8 Å². The van der Waals surface area contributed by atoms with Crippen molar-refractivity contribution >= 4 is 34.9 Å². The second-order valence-corrected chi connectivity index (χ2v) is 5.74. The van der Waals surface area contributed by atoms with Gasteiger partial charge in [-0.2, -0.15) is 0 Å². The molecule has 0 fully saturated rings. The molecular weight excluding hydrogens is 327 g/mol. The molecule has 1 unspecified atom stereocenters. The predicted molar refractivity (Wildman–Crippen MR) is 89.8 cm³/mol. The van der Waals surface area contributed by atoms with Gasteiger partial charge in [-0.15, -0.1) is 23.2 Å². The highest BCUT2D eigenvalue weighted by Crippen LogP contribution is 2.21. The molecule has 0 saturated heterocycles. The summed E-state index contributed by atoms with van der Waals surface area (Å²) >= 11 is 11.4. The minimum absolute atomic E-state index is 0.0577. The van der Waals surface area contributed by atoms with E-state index in [1.807, 2.05) is 25.1 Å². The number of anilines is 1. The Morgan fingerprint density at radius 1 is 1.41 bits per heavy atom. The third-order valence-electron chi connectivity index (χ3n) is 3.15. The molecule has 0 spiro atoms. The van der Waals surface area contributed by atoms with Crippen molar-refractivity contribution in [3.05, 3.63) is 29.3 Å².